The molecule has 0 amide bonds. The van der Waals surface area contributed by atoms with E-state index in [-0.39, 0.29) is 24.0 Å². The largest absolute Gasteiger partial charge is 0.493 e. The molecule has 8 heteroatoms. The molecule has 1 aliphatic rings. The van der Waals surface area contributed by atoms with Gasteiger partial charge in [0.2, 0.25) is 5.75 Å². The number of hydrogen-bond donors (Lipinski definition) is 2. The number of nitrogens with one attached hydrogen (secondary N) is 2. The molecular formula is C25H37IN4O3. The van der Waals surface area contributed by atoms with Gasteiger partial charge in [-0.2, -0.15) is 0 Å². The second kappa shape index (κ2) is 14.1. The molecule has 33 heavy (non-hydrogen) atoms. The van der Waals surface area contributed by atoms with Gasteiger partial charge in [0.05, 0.1) is 27.9 Å². The maximum atomic E-state index is 5.46. The van der Waals surface area contributed by atoms with Crippen LogP contribution in [0.25, 0.3) is 0 Å². The molecule has 0 saturated carbocycles. The van der Waals surface area contributed by atoms with Crippen LogP contribution < -0.4 is 24.8 Å². The number of halogens is 1. The third-order valence-electron chi connectivity index (χ3n) is 5.72. The first-order chi connectivity index (χ1) is 15.7. The standard InChI is InChI=1S/C25H36N4O3.HI/c1-5-26-25(27-16-20-14-22(30-2)24(32-4)23(15-20)31-3)28-17-21-12-9-13-29(21)18-19-10-7-6-8-11-19;/h6-8,10-11,14-15,21H,5,9,12-13,16-18H2,1-4H3,(H2,26,27,28);1H. The lowest BCUT2D eigenvalue weighted by molar-refractivity contribution is 0.245. The summed E-state index contributed by atoms with van der Waals surface area (Å²) in [6, 6.07) is 15.1. The summed E-state index contributed by atoms with van der Waals surface area (Å²) in [4.78, 5) is 7.34. The smallest absolute Gasteiger partial charge is 0.203 e. The number of hydrogen-bond acceptors (Lipinski definition) is 5. The fraction of sp³-hybridized carbons (Fsp3) is 0.480. The Bertz CT molecular complexity index is 854. The van der Waals surface area contributed by atoms with E-state index < -0.39 is 0 Å². The van der Waals surface area contributed by atoms with E-state index >= 15 is 0 Å². The van der Waals surface area contributed by atoms with Crippen LogP contribution in [0.15, 0.2) is 47.5 Å². The van der Waals surface area contributed by atoms with Crippen molar-refractivity contribution in [1.82, 2.24) is 15.5 Å². The number of aliphatic imine (C=N–C) groups is 1. The molecule has 1 aliphatic heterocycles. The first-order valence-corrected chi connectivity index (χ1v) is 11.3. The summed E-state index contributed by atoms with van der Waals surface area (Å²) in [5, 5.41) is 6.89. The van der Waals surface area contributed by atoms with Gasteiger partial charge in [-0.05, 0) is 49.6 Å². The van der Waals surface area contributed by atoms with Crippen LogP contribution in [-0.4, -0.2) is 57.9 Å². The quantitative estimate of drug-likeness (QED) is 0.256. The highest BCUT2D eigenvalue weighted by atomic mass is 127. The minimum atomic E-state index is 0. The molecule has 1 heterocycles. The maximum absolute atomic E-state index is 5.46. The van der Waals surface area contributed by atoms with Gasteiger partial charge in [0, 0.05) is 25.7 Å². The van der Waals surface area contributed by atoms with Crippen LogP contribution in [0.3, 0.4) is 0 Å². The van der Waals surface area contributed by atoms with Crippen molar-refractivity contribution in [3.05, 3.63) is 53.6 Å². The van der Waals surface area contributed by atoms with Gasteiger partial charge in [0.25, 0.3) is 0 Å². The predicted octanol–water partition coefficient (Wildman–Crippen LogP) is 4.05. The minimum absolute atomic E-state index is 0. The second-order valence-electron chi connectivity index (χ2n) is 7.86. The number of rotatable bonds is 10. The highest BCUT2D eigenvalue weighted by Crippen LogP contribution is 2.38. The Hall–Kier alpha value is -2.20. The normalized spacial score (nSPS) is 16.1. The molecule has 0 bridgehead atoms. The van der Waals surface area contributed by atoms with E-state index in [2.05, 4.69) is 52.8 Å². The highest BCUT2D eigenvalue weighted by Gasteiger charge is 2.24. The molecule has 2 aromatic rings. The van der Waals surface area contributed by atoms with E-state index in [4.69, 9.17) is 19.2 Å². The van der Waals surface area contributed by atoms with Crippen molar-refractivity contribution in [2.45, 2.75) is 38.9 Å². The molecule has 0 radical (unpaired) electrons. The van der Waals surface area contributed by atoms with Crippen molar-refractivity contribution in [2.75, 3.05) is 41.0 Å². The molecule has 1 fully saturated rings. The zero-order chi connectivity index (χ0) is 22.8. The van der Waals surface area contributed by atoms with E-state index in [1.807, 2.05) is 12.1 Å². The van der Waals surface area contributed by atoms with Crippen molar-refractivity contribution in [3.8, 4) is 17.2 Å². The van der Waals surface area contributed by atoms with Gasteiger partial charge < -0.3 is 24.8 Å². The van der Waals surface area contributed by atoms with Gasteiger partial charge in [-0.3, -0.25) is 4.90 Å². The Morgan fingerprint density at radius 1 is 1.00 bits per heavy atom. The third-order valence-corrected chi connectivity index (χ3v) is 5.72. The topological polar surface area (TPSA) is 67.4 Å². The Labute approximate surface area is 214 Å². The van der Waals surface area contributed by atoms with Crippen LogP contribution >= 0.6 is 24.0 Å². The summed E-state index contributed by atoms with van der Waals surface area (Å²) in [6.07, 6.45) is 2.43. The number of nitrogens with zero attached hydrogens (tertiary/aromatic N) is 2. The third kappa shape index (κ3) is 7.67. The zero-order valence-electron chi connectivity index (χ0n) is 20.1. The fourth-order valence-corrected chi connectivity index (χ4v) is 4.11. The predicted molar refractivity (Wildman–Crippen MR) is 144 cm³/mol. The van der Waals surface area contributed by atoms with Crippen molar-refractivity contribution in [3.63, 3.8) is 0 Å². The molecule has 0 aromatic heterocycles. The Morgan fingerprint density at radius 3 is 2.30 bits per heavy atom. The Kier molecular flexibility index (Phi) is 11.6. The lowest BCUT2D eigenvalue weighted by atomic mass is 10.2. The van der Waals surface area contributed by atoms with E-state index in [9.17, 15) is 0 Å². The lowest BCUT2D eigenvalue weighted by Gasteiger charge is -2.25. The molecule has 0 aliphatic carbocycles. The summed E-state index contributed by atoms with van der Waals surface area (Å²) in [5.74, 6) is 2.68. The van der Waals surface area contributed by atoms with Crippen LogP contribution in [0, 0.1) is 0 Å². The average molecular weight is 569 g/mol. The number of likely N-dealkylation sites (tertiary alicyclic amines) is 1. The molecule has 1 unspecified atom stereocenters. The number of ether oxygens (including phenoxy) is 3. The van der Waals surface area contributed by atoms with E-state index in [0.29, 0.717) is 29.8 Å². The molecule has 3 rings (SSSR count). The van der Waals surface area contributed by atoms with Crippen molar-refractivity contribution < 1.29 is 14.2 Å². The number of benzene rings is 2. The SMILES string of the molecule is CCNC(=NCc1cc(OC)c(OC)c(OC)c1)NCC1CCCN1Cc1ccccc1.I. The summed E-state index contributed by atoms with van der Waals surface area (Å²) < 4.78 is 16.3. The Balaban J connectivity index is 0.00000385. The van der Waals surface area contributed by atoms with Crippen LogP contribution in [0.5, 0.6) is 17.2 Å². The molecule has 7 nitrogen and oxygen atoms in total. The molecule has 1 saturated heterocycles. The molecule has 182 valence electrons. The lowest BCUT2D eigenvalue weighted by Crippen LogP contribution is -2.44. The molecule has 2 aromatic carbocycles. The van der Waals surface area contributed by atoms with Gasteiger partial charge in [-0.15, -0.1) is 24.0 Å². The Morgan fingerprint density at radius 2 is 1.70 bits per heavy atom. The van der Waals surface area contributed by atoms with E-state index in [1.165, 1.54) is 18.4 Å². The second-order valence-corrected chi connectivity index (χ2v) is 7.86. The molecular weight excluding hydrogens is 531 g/mol. The highest BCUT2D eigenvalue weighted by molar-refractivity contribution is 14.0. The summed E-state index contributed by atoms with van der Waals surface area (Å²) in [6.45, 7) is 6.39. The average Bonchev–Trinajstić information content (AvgIpc) is 3.27. The van der Waals surface area contributed by atoms with Gasteiger partial charge in [0.1, 0.15) is 0 Å². The van der Waals surface area contributed by atoms with E-state index in [0.717, 1.165) is 37.7 Å². The van der Waals surface area contributed by atoms with Gasteiger partial charge >= 0.3 is 0 Å². The summed E-state index contributed by atoms with van der Waals surface area (Å²) in [7, 11) is 4.85. The van der Waals surface area contributed by atoms with Gasteiger partial charge in [0.15, 0.2) is 17.5 Å². The maximum Gasteiger partial charge on any atom is 0.203 e. The van der Waals surface area contributed by atoms with E-state index in [1.54, 1.807) is 21.3 Å². The summed E-state index contributed by atoms with van der Waals surface area (Å²) in [5.41, 5.74) is 2.35. The van der Waals surface area contributed by atoms with Gasteiger partial charge in [-0.1, -0.05) is 30.3 Å². The first-order valence-electron chi connectivity index (χ1n) is 11.3. The molecule has 2 N–H and O–H groups in total. The van der Waals surface area contributed by atoms with Crippen LogP contribution in [0.4, 0.5) is 0 Å². The zero-order valence-corrected chi connectivity index (χ0v) is 22.4. The van der Waals surface area contributed by atoms with Gasteiger partial charge in [-0.25, -0.2) is 4.99 Å². The molecule has 1 atom stereocenters. The van der Waals surface area contributed by atoms with Crippen LogP contribution in [0.2, 0.25) is 0 Å². The van der Waals surface area contributed by atoms with Crippen molar-refractivity contribution >= 4 is 29.9 Å². The minimum Gasteiger partial charge on any atom is -0.493 e. The molecule has 0 spiro atoms. The van der Waals surface area contributed by atoms with Crippen LogP contribution in [0.1, 0.15) is 30.9 Å². The number of methoxy groups -OCH3 is 3. The van der Waals surface area contributed by atoms with Crippen molar-refractivity contribution in [1.29, 1.82) is 0 Å². The monoisotopic (exact) mass is 568 g/mol. The van der Waals surface area contributed by atoms with Crippen LogP contribution in [-0.2, 0) is 13.1 Å². The number of guanidine groups is 1. The summed E-state index contributed by atoms with van der Waals surface area (Å²) >= 11 is 0. The van der Waals surface area contributed by atoms with Crippen molar-refractivity contribution in [2.24, 2.45) is 4.99 Å². The first kappa shape index (κ1) is 27.0. The fourth-order valence-electron chi connectivity index (χ4n) is 4.11.